The van der Waals surface area contributed by atoms with E-state index in [1.807, 2.05) is 13.0 Å². The summed E-state index contributed by atoms with van der Waals surface area (Å²) in [5, 5.41) is 0. The fraction of sp³-hybridized carbons (Fsp3) is 0.583. The van der Waals surface area contributed by atoms with E-state index in [1.54, 1.807) is 6.07 Å². The predicted octanol–water partition coefficient (Wildman–Crippen LogP) is 1.84. The summed E-state index contributed by atoms with van der Waals surface area (Å²) in [7, 11) is 2.16. The third-order valence-corrected chi connectivity index (χ3v) is 3.29. The Bertz CT molecular complexity index is 397. The number of aryl methyl sites for hydroxylation is 1. The molecule has 1 fully saturated rings. The third kappa shape index (κ3) is 2.12. The molecule has 0 bridgehead atoms. The smallest absolute Gasteiger partial charge is 0.248 e. The van der Waals surface area contributed by atoms with Gasteiger partial charge in [-0.1, -0.05) is 12.5 Å². The zero-order chi connectivity index (χ0) is 10.8. The van der Waals surface area contributed by atoms with Gasteiger partial charge in [0.15, 0.2) is 0 Å². The van der Waals surface area contributed by atoms with Gasteiger partial charge in [0.2, 0.25) is 5.56 Å². The highest BCUT2D eigenvalue weighted by Gasteiger charge is 2.21. The second-order valence-electron chi connectivity index (χ2n) is 4.40. The molecule has 3 heteroatoms. The quantitative estimate of drug-likeness (QED) is 0.761. The lowest BCUT2D eigenvalue weighted by molar-refractivity contribution is 0.186. The van der Waals surface area contributed by atoms with Gasteiger partial charge in [0.05, 0.1) is 0 Å². The number of hydrogen-bond donors (Lipinski definition) is 1. The molecule has 1 aliphatic rings. The standard InChI is InChI=1S/C12H18N2O/c1-9-10(6-7-12(15)13-9)11-5-3-4-8-14(11)2/h6-7,11H,3-5,8H2,1-2H3,(H,13,15)/t11-/m1/s1. The molecule has 1 aromatic rings. The molecule has 1 saturated heterocycles. The molecular weight excluding hydrogens is 188 g/mol. The van der Waals surface area contributed by atoms with Crippen LogP contribution in [-0.2, 0) is 0 Å². The van der Waals surface area contributed by atoms with E-state index in [9.17, 15) is 4.79 Å². The molecule has 0 amide bonds. The second-order valence-corrected chi connectivity index (χ2v) is 4.40. The van der Waals surface area contributed by atoms with Crippen molar-refractivity contribution in [2.24, 2.45) is 0 Å². The Morgan fingerprint density at radius 2 is 2.20 bits per heavy atom. The summed E-state index contributed by atoms with van der Waals surface area (Å²) in [4.78, 5) is 16.4. The zero-order valence-corrected chi connectivity index (χ0v) is 9.42. The Hall–Kier alpha value is -1.09. The molecule has 0 spiro atoms. The number of likely N-dealkylation sites (tertiary alicyclic amines) is 1. The summed E-state index contributed by atoms with van der Waals surface area (Å²) >= 11 is 0. The summed E-state index contributed by atoms with van der Waals surface area (Å²) in [5.41, 5.74) is 2.28. The van der Waals surface area contributed by atoms with Gasteiger partial charge in [-0.2, -0.15) is 0 Å². The summed E-state index contributed by atoms with van der Waals surface area (Å²) < 4.78 is 0. The fourth-order valence-electron chi connectivity index (χ4n) is 2.42. The average Bonchev–Trinajstić information content (AvgIpc) is 2.20. The molecular formula is C12H18N2O. The number of aromatic amines is 1. The largest absolute Gasteiger partial charge is 0.326 e. The van der Waals surface area contributed by atoms with Crippen LogP contribution in [0.5, 0.6) is 0 Å². The lowest BCUT2D eigenvalue weighted by atomic mass is 9.95. The monoisotopic (exact) mass is 206 g/mol. The first-order valence-electron chi connectivity index (χ1n) is 5.58. The van der Waals surface area contributed by atoms with Crippen LogP contribution in [0.3, 0.4) is 0 Å². The minimum atomic E-state index is -0.00490. The number of nitrogens with zero attached hydrogens (tertiary/aromatic N) is 1. The molecule has 2 rings (SSSR count). The van der Waals surface area contributed by atoms with Gasteiger partial charge < -0.3 is 4.98 Å². The number of rotatable bonds is 1. The van der Waals surface area contributed by atoms with Crippen molar-refractivity contribution in [2.45, 2.75) is 32.2 Å². The Balaban J connectivity index is 2.31. The van der Waals surface area contributed by atoms with Crippen molar-refractivity contribution in [1.82, 2.24) is 9.88 Å². The second kappa shape index (κ2) is 4.19. The van der Waals surface area contributed by atoms with Crippen molar-refractivity contribution in [3.05, 3.63) is 33.7 Å². The first kappa shape index (κ1) is 10.4. The van der Waals surface area contributed by atoms with Crippen LogP contribution in [0.4, 0.5) is 0 Å². The maximum Gasteiger partial charge on any atom is 0.248 e. The van der Waals surface area contributed by atoms with Gasteiger partial charge >= 0.3 is 0 Å². The van der Waals surface area contributed by atoms with Gasteiger partial charge in [-0.15, -0.1) is 0 Å². The van der Waals surface area contributed by atoms with E-state index in [0.717, 1.165) is 12.2 Å². The zero-order valence-electron chi connectivity index (χ0n) is 9.42. The predicted molar refractivity (Wildman–Crippen MR) is 61.0 cm³/mol. The molecule has 0 saturated carbocycles. The van der Waals surface area contributed by atoms with Crippen molar-refractivity contribution >= 4 is 0 Å². The van der Waals surface area contributed by atoms with Gasteiger partial charge in [0.1, 0.15) is 0 Å². The molecule has 1 aromatic heterocycles. The van der Waals surface area contributed by atoms with Crippen molar-refractivity contribution in [2.75, 3.05) is 13.6 Å². The highest BCUT2D eigenvalue weighted by molar-refractivity contribution is 5.22. The highest BCUT2D eigenvalue weighted by Crippen LogP contribution is 2.29. The Labute approximate surface area is 90.1 Å². The summed E-state index contributed by atoms with van der Waals surface area (Å²) in [5.74, 6) is 0. The maximum absolute atomic E-state index is 11.1. The van der Waals surface area contributed by atoms with E-state index in [0.29, 0.717) is 6.04 Å². The topological polar surface area (TPSA) is 36.1 Å². The molecule has 0 aliphatic carbocycles. The number of piperidine rings is 1. The van der Waals surface area contributed by atoms with Gasteiger partial charge in [-0.05, 0) is 38.9 Å². The molecule has 3 nitrogen and oxygen atoms in total. The lowest BCUT2D eigenvalue weighted by Gasteiger charge is -2.33. The maximum atomic E-state index is 11.1. The number of H-pyrrole nitrogens is 1. The third-order valence-electron chi connectivity index (χ3n) is 3.29. The van der Waals surface area contributed by atoms with Crippen LogP contribution >= 0.6 is 0 Å². The van der Waals surface area contributed by atoms with E-state index in [4.69, 9.17) is 0 Å². The van der Waals surface area contributed by atoms with Crippen LogP contribution in [-0.4, -0.2) is 23.5 Å². The summed E-state index contributed by atoms with van der Waals surface area (Å²) in [6.07, 6.45) is 3.77. The average molecular weight is 206 g/mol. The highest BCUT2D eigenvalue weighted by atomic mass is 16.1. The fourth-order valence-corrected chi connectivity index (χ4v) is 2.42. The van der Waals surface area contributed by atoms with Crippen LogP contribution in [0.25, 0.3) is 0 Å². The molecule has 15 heavy (non-hydrogen) atoms. The minimum absolute atomic E-state index is 0.00490. The molecule has 1 N–H and O–H groups in total. The van der Waals surface area contributed by atoms with E-state index >= 15 is 0 Å². The molecule has 82 valence electrons. The summed E-state index contributed by atoms with van der Waals surface area (Å²) in [6, 6.07) is 4.08. The number of pyridine rings is 1. The molecule has 0 aromatic carbocycles. The first-order chi connectivity index (χ1) is 7.18. The molecule has 1 atom stereocenters. The van der Waals surface area contributed by atoms with Crippen molar-refractivity contribution in [3.8, 4) is 0 Å². The van der Waals surface area contributed by atoms with Crippen molar-refractivity contribution in [3.63, 3.8) is 0 Å². The lowest BCUT2D eigenvalue weighted by Crippen LogP contribution is -2.30. The van der Waals surface area contributed by atoms with E-state index in [2.05, 4.69) is 16.9 Å². The molecule has 2 heterocycles. The van der Waals surface area contributed by atoms with Gasteiger partial charge in [0.25, 0.3) is 0 Å². The summed E-state index contributed by atoms with van der Waals surface area (Å²) in [6.45, 7) is 3.14. The van der Waals surface area contributed by atoms with Crippen LogP contribution < -0.4 is 5.56 Å². The van der Waals surface area contributed by atoms with Crippen molar-refractivity contribution < 1.29 is 0 Å². The van der Waals surface area contributed by atoms with Crippen LogP contribution in [0.2, 0.25) is 0 Å². The van der Waals surface area contributed by atoms with Crippen LogP contribution in [0, 0.1) is 6.92 Å². The van der Waals surface area contributed by atoms with E-state index in [-0.39, 0.29) is 5.56 Å². The van der Waals surface area contributed by atoms with Gasteiger partial charge in [-0.3, -0.25) is 9.69 Å². The van der Waals surface area contributed by atoms with E-state index < -0.39 is 0 Å². The van der Waals surface area contributed by atoms with Gasteiger partial charge in [0, 0.05) is 17.8 Å². The molecule has 0 radical (unpaired) electrons. The first-order valence-corrected chi connectivity index (χ1v) is 5.58. The Morgan fingerprint density at radius 3 is 2.87 bits per heavy atom. The number of nitrogens with one attached hydrogen (secondary N) is 1. The molecule has 1 aliphatic heterocycles. The van der Waals surface area contributed by atoms with Crippen molar-refractivity contribution in [1.29, 1.82) is 0 Å². The molecule has 0 unspecified atom stereocenters. The Kier molecular flexibility index (Phi) is 2.91. The Morgan fingerprint density at radius 1 is 1.40 bits per heavy atom. The van der Waals surface area contributed by atoms with Gasteiger partial charge in [-0.25, -0.2) is 0 Å². The van der Waals surface area contributed by atoms with E-state index in [1.165, 1.54) is 24.8 Å². The van der Waals surface area contributed by atoms with Crippen LogP contribution in [0.15, 0.2) is 16.9 Å². The number of aromatic nitrogens is 1. The number of hydrogen-bond acceptors (Lipinski definition) is 2. The SMILES string of the molecule is Cc1[nH]c(=O)ccc1[C@H]1CCCCN1C. The minimum Gasteiger partial charge on any atom is -0.326 e. The normalized spacial score (nSPS) is 22.9. The van der Waals surface area contributed by atoms with Crippen LogP contribution in [0.1, 0.15) is 36.6 Å².